The fraction of sp³-hybridized carbons (Fsp3) is 1.00. The molecular formula is C13H28N2O. The summed E-state index contributed by atoms with van der Waals surface area (Å²) in [5, 5.41) is 3.47. The summed E-state index contributed by atoms with van der Waals surface area (Å²) in [5.74, 6) is 0. The third-order valence-corrected chi connectivity index (χ3v) is 3.17. The first-order valence-corrected chi connectivity index (χ1v) is 6.83. The third-order valence-electron chi connectivity index (χ3n) is 3.17. The topological polar surface area (TPSA) is 24.5 Å². The van der Waals surface area contributed by atoms with Crippen molar-refractivity contribution in [1.82, 2.24) is 10.2 Å². The van der Waals surface area contributed by atoms with E-state index in [0.717, 1.165) is 32.8 Å². The molecule has 16 heavy (non-hydrogen) atoms. The molecule has 0 aromatic heterocycles. The van der Waals surface area contributed by atoms with Gasteiger partial charge in [0.25, 0.3) is 0 Å². The van der Waals surface area contributed by atoms with Crippen molar-refractivity contribution in [3.63, 3.8) is 0 Å². The minimum Gasteiger partial charge on any atom is -0.377 e. The van der Waals surface area contributed by atoms with E-state index in [0.29, 0.717) is 6.10 Å². The van der Waals surface area contributed by atoms with Gasteiger partial charge in [-0.3, -0.25) is 0 Å². The van der Waals surface area contributed by atoms with E-state index in [2.05, 4.69) is 24.2 Å². The van der Waals surface area contributed by atoms with Gasteiger partial charge in [-0.2, -0.15) is 0 Å². The Bertz CT molecular complexity index is 158. The Balaban J connectivity index is 1.95. The number of nitrogens with zero attached hydrogens (tertiary/aromatic N) is 1. The third kappa shape index (κ3) is 6.46. The highest BCUT2D eigenvalue weighted by Crippen LogP contribution is 2.12. The van der Waals surface area contributed by atoms with Crippen LogP contribution in [0.2, 0.25) is 0 Å². The van der Waals surface area contributed by atoms with Crippen LogP contribution in [0.4, 0.5) is 0 Å². The number of ether oxygens (including phenoxy) is 1. The van der Waals surface area contributed by atoms with Crippen molar-refractivity contribution in [2.75, 3.05) is 39.8 Å². The number of hydrogen-bond acceptors (Lipinski definition) is 3. The van der Waals surface area contributed by atoms with Gasteiger partial charge in [0.2, 0.25) is 0 Å². The van der Waals surface area contributed by atoms with Gasteiger partial charge < -0.3 is 15.0 Å². The molecular weight excluding hydrogens is 200 g/mol. The Hall–Kier alpha value is -0.120. The van der Waals surface area contributed by atoms with E-state index in [4.69, 9.17) is 4.74 Å². The summed E-state index contributed by atoms with van der Waals surface area (Å²) in [7, 11) is 2.19. The van der Waals surface area contributed by atoms with Gasteiger partial charge in [-0.15, -0.1) is 0 Å². The maximum absolute atomic E-state index is 5.73. The quantitative estimate of drug-likeness (QED) is 0.642. The molecule has 1 unspecified atom stereocenters. The fourth-order valence-electron chi connectivity index (χ4n) is 2.09. The van der Waals surface area contributed by atoms with Crippen LogP contribution in [0.25, 0.3) is 0 Å². The molecule has 0 aromatic carbocycles. The number of nitrogens with one attached hydrogen (secondary N) is 1. The largest absolute Gasteiger partial charge is 0.377 e. The number of rotatable bonds is 8. The molecule has 0 aromatic rings. The van der Waals surface area contributed by atoms with E-state index in [-0.39, 0.29) is 0 Å². The monoisotopic (exact) mass is 228 g/mol. The van der Waals surface area contributed by atoms with E-state index in [1.54, 1.807) is 0 Å². The number of hydrogen-bond donors (Lipinski definition) is 1. The second-order valence-electron chi connectivity index (χ2n) is 4.85. The lowest BCUT2D eigenvalue weighted by atomic mass is 10.1. The first-order chi connectivity index (χ1) is 7.83. The molecule has 0 amide bonds. The van der Waals surface area contributed by atoms with Gasteiger partial charge in [0.15, 0.2) is 0 Å². The molecule has 1 aliphatic rings. The molecule has 0 saturated carbocycles. The van der Waals surface area contributed by atoms with Crippen molar-refractivity contribution in [2.24, 2.45) is 0 Å². The highest BCUT2D eigenvalue weighted by atomic mass is 16.5. The van der Waals surface area contributed by atoms with Crippen LogP contribution in [0.15, 0.2) is 0 Å². The van der Waals surface area contributed by atoms with Crippen molar-refractivity contribution in [1.29, 1.82) is 0 Å². The molecule has 1 N–H and O–H groups in total. The standard InChI is InChI=1S/C13H28N2O/c1-3-4-8-14-9-10-15(2)12-13-7-5-6-11-16-13/h13-14H,3-12H2,1-2H3. The maximum atomic E-state index is 5.73. The number of likely N-dealkylation sites (N-methyl/N-ethyl adjacent to an activating group) is 1. The van der Waals surface area contributed by atoms with E-state index in [1.165, 1.54) is 32.1 Å². The summed E-state index contributed by atoms with van der Waals surface area (Å²) in [6.07, 6.45) is 6.88. The molecule has 3 heteroatoms. The van der Waals surface area contributed by atoms with Gasteiger partial charge in [0.05, 0.1) is 6.10 Å². The minimum absolute atomic E-state index is 0.481. The van der Waals surface area contributed by atoms with Gasteiger partial charge in [0.1, 0.15) is 0 Å². The van der Waals surface area contributed by atoms with Gasteiger partial charge in [-0.25, -0.2) is 0 Å². The Morgan fingerprint density at radius 3 is 2.88 bits per heavy atom. The van der Waals surface area contributed by atoms with Crippen LogP contribution in [0.1, 0.15) is 39.0 Å². The highest BCUT2D eigenvalue weighted by Gasteiger charge is 2.15. The molecule has 0 radical (unpaired) electrons. The molecule has 0 aliphatic carbocycles. The average molecular weight is 228 g/mol. The molecule has 1 aliphatic heterocycles. The normalized spacial score (nSPS) is 21.6. The summed E-state index contributed by atoms with van der Waals surface area (Å²) < 4.78 is 5.73. The van der Waals surface area contributed by atoms with Crippen molar-refractivity contribution in [3.8, 4) is 0 Å². The molecule has 1 saturated heterocycles. The highest BCUT2D eigenvalue weighted by molar-refractivity contribution is 4.68. The SMILES string of the molecule is CCCCNCCN(C)CC1CCCCO1. The van der Waals surface area contributed by atoms with Crippen LogP contribution in [0.3, 0.4) is 0 Å². The van der Waals surface area contributed by atoms with Gasteiger partial charge >= 0.3 is 0 Å². The van der Waals surface area contributed by atoms with Crippen LogP contribution in [-0.4, -0.2) is 50.8 Å². The molecule has 1 rings (SSSR count). The van der Waals surface area contributed by atoms with Crippen molar-refractivity contribution >= 4 is 0 Å². The lowest BCUT2D eigenvalue weighted by Crippen LogP contribution is -2.37. The Morgan fingerprint density at radius 2 is 2.19 bits per heavy atom. The second-order valence-corrected chi connectivity index (χ2v) is 4.85. The van der Waals surface area contributed by atoms with Gasteiger partial charge in [-0.1, -0.05) is 13.3 Å². The first kappa shape index (κ1) is 13.9. The van der Waals surface area contributed by atoms with E-state index in [1.807, 2.05) is 0 Å². The molecule has 96 valence electrons. The summed E-state index contributed by atoms with van der Waals surface area (Å²) in [4.78, 5) is 2.38. The Morgan fingerprint density at radius 1 is 1.31 bits per heavy atom. The van der Waals surface area contributed by atoms with Crippen LogP contribution in [-0.2, 0) is 4.74 Å². The first-order valence-electron chi connectivity index (χ1n) is 6.83. The molecule has 0 spiro atoms. The predicted octanol–water partition coefficient (Wildman–Crippen LogP) is 1.88. The maximum Gasteiger partial charge on any atom is 0.0701 e. The Kier molecular flexibility index (Phi) is 7.81. The second kappa shape index (κ2) is 8.97. The van der Waals surface area contributed by atoms with Gasteiger partial charge in [-0.05, 0) is 39.3 Å². The Labute approximate surface area is 101 Å². The predicted molar refractivity (Wildman–Crippen MR) is 68.9 cm³/mol. The lowest BCUT2D eigenvalue weighted by Gasteiger charge is -2.27. The van der Waals surface area contributed by atoms with Crippen molar-refractivity contribution < 1.29 is 4.74 Å². The zero-order valence-corrected chi connectivity index (χ0v) is 11.0. The molecule has 1 heterocycles. The summed E-state index contributed by atoms with van der Waals surface area (Å²) in [6, 6.07) is 0. The molecule has 1 fully saturated rings. The zero-order valence-electron chi connectivity index (χ0n) is 11.0. The minimum atomic E-state index is 0.481. The van der Waals surface area contributed by atoms with Crippen LogP contribution in [0, 0.1) is 0 Å². The van der Waals surface area contributed by atoms with Crippen molar-refractivity contribution in [3.05, 3.63) is 0 Å². The lowest BCUT2D eigenvalue weighted by molar-refractivity contribution is -0.00121. The molecule has 3 nitrogen and oxygen atoms in total. The fourth-order valence-corrected chi connectivity index (χ4v) is 2.09. The number of unbranched alkanes of at least 4 members (excludes halogenated alkanes) is 1. The smallest absolute Gasteiger partial charge is 0.0701 e. The van der Waals surface area contributed by atoms with Crippen LogP contribution < -0.4 is 5.32 Å². The van der Waals surface area contributed by atoms with Crippen LogP contribution >= 0.6 is 0 Å². The van der Waals surface area contributed by atoms with E-state index < -0.39 is 0 Å². The van der Waals surface area contributed by atoms with E-state index in [9.17, 15) is 0 Å². The summed E-state index contributed by atoms with van der Waals surface area (Å²) >= 11 is 0. The summed E-state index contributed by atoms with van der Waals surface area (Å²) in [6.45, 7) is 7.67. The van der Waals surface area contributed by atoms with E-state index >= 15 is 0 Å². The van der Waals surface area contributed by atoms with Crippen molar-refractivity contribution in [2.45, 2.75) is 45.1 Å². The molecule has 0 bridgehead atoms. The average Bonchev–Trinajstić information content (AvgIpc) is 2.30. The molecule has 1 atom stereocenters. The van der Waals surface area contributed by atoms with Crippen LogP contribution in [0.5, 0.6) is 0 Å². The summed E-state index contributed by atoms with van der Waals surface area (Å²) in [5.41, 5.74) is 0. The zero-order chi connectivity index (χ0) is 11.6. The van der Waals surface area contributed by atoms with Gasteiger partial charge in [0, 0.05) is 26.2 Å².